The van der Waals surface area contributed by atoms with Gasteiger partial charge >= 0.3 is 0 Å². The fourth-order valence-corrected chi connectivity index (χ4v) is 4.46. The van der Waals surface area contributed by atoms with Crippen LogP contribution in [0.1, 0.15) is 77.6 Å². The zero-order valence-electron chi connectivity index (χ0n) is 12.6. The van der Waals surface area contributed by atoms with E-state index in [9.17, 15) is 0 Å². The smallest absolute Gasteiger partial charge is 0.102 e. The van der Waals surface area contributed by atoms with Crippen molar-refractivity contribution in [2.45, 2.75) is 89.8 Å². The molecule has 0 aromatic rings. The Kier molecular flexibility index (Phi) is 4.57. The van der Waals surface area contributed by atoms with Gasteiger partial charge in [-0.2, -0.15) is 0 Å². The normalized spacial score (nSPS) is 35.4. The minimum absolute atomic E-state index is 0.548. The average Bonchev–Trinajstić information content (AvgIpc) is 2.87. The van der Waals surface area contributed by atoms with Crippen molar-refractivity contribution in [1.29, 1.82) is 0 Å². The molecule has 2 bridgehead atoms. The van der Waals surface area contributed by atoms with Crippen molar-refractivity contribution in [1.82, 2.24) is 4.90 Å². The Hall–Kier alpha value is -0.370. The summed E-state index contributed by atoms with van der Waals surface area (Å²) in [7, 11) is 0. The molecule has 19 heavy (non-hydrogen) atoms. The highest BCUT2D eigenvalue weighted by molar-refractivity contribution is 5.89. The molecule has 0 spiro atoms. The lowest BCUT2D eigenvalue weighted by atomic mass is 9.86. The quantitative estimate of drug-likeness (QED) is 0.686. The highest BCUT2D eigenvalue weighted by atomic mass is 15.3. The minimum atomic E-state index is 0.548. The molecule has 2 fully saturated rings. The van der Waals surface area contributed by atoms with Crippen molar-refractivity contribution in [2.24, 2.45) is 10.9 Å². The number of hydrogen-bond donors (Lipinski definition) is 0. The molecule has 3 atom stereocenters. The van der Waals surface area contributed by atoms with Crippen LogP contribution in [0.3, 0.4) is 0 Å². The van der Waals surface area contributed by atoms with Crippen LogP contribution >= 0.6 is 0 Å². The third-order valence-electron chi connectivity index (χ3n) is 5.45. The minimum Gasteiger partial charge on any atom is -0.278 e. The van der Waals surface area contributed by atoms with Crippen molar-refractivity contribution in [2.75, 3.05) is 6.54 Å². The molecule has 2 nitrogen and oxygen atoms in total. The van der Waals surface area contributed by atoms with E-state index in [2.05, 4.69) is 11.8 Å². The molecule has 2 heterocycles. The lowest BCUT2D eigenvalue weighted by Gasteiger charge is -2.45. The Labute approximate surface area is 118 Å². The number of aliphatic imine (C=N–C) groups is 1. The van der Waals surface area contributed by atoms with Crippen molar-refractivity contribution < 1.29 is 0 Å². The summed E-state index contributed by atoms with van der Waals surface area (Å²) in [6.07, 6.45) is 15.8. The van der Waals surface area contributed by atoms with E-state index in [1.807, 2.05) is 0 Å². The van der Waals surface area contributed by atoms with E-state index in [4.69, 9.17) is 4.99 Å². The van der Waals surface area contributed by atoms with E-state index in [0.29, 0.717) is 6.17 Å². The monoisotopic (exact) mass is 262 g/mol. The topological polar surface area (TPSA) is 15.6 Å². The molecule has 0 radical (unpaired) electrons. The third kappa shape index (κ3) is 2.89. The summed E-state index contributed by atoms with van der Waals surface area (Å²) in [5.74, 6) is 0.830. The molecule has 2 aliphatic heterocycles. The Bertz CT molecular complexity index is 323. The van der Waals surface area contributed by atoms with Crippen LogP contribution in [0.25, 0.3) is 0 Å². The van der Waals surface area contributed by atoms with Crippen molar-refractivity contribution in [3.63, 3.8) is 0 Å². The Balaban J connectivity index is 1.76. The van der Waals surface area contributed by atoms with E-state index in [1.54, 1.807) is 5.71 Å². The summed E-state index contributed by atoms with van der Waals surface area (Å²) < 4.78 is 0. The van der Waals surface area contributed by atoms with Crippen LogP contribution in [0.5, 0.6) is 0 Å². The summed E-state index contributed by atoms with van der Waals surface area (Å²) in [4.78, 5) is 7.98. The zero-order valence-corrected chi connectivity index (χ0v) is 12.6. The van der Waals surface area contributed by atoms with Gasteiger partial charge in [-0.15, -0.1) is 0 Å². The molecule has 0 aromatic carbocycles. The fraction of sp³-hybridized carbons (Fsp3) is 0.941. The van der Waals surface area contributed by atoms with Gasteiger partial charge in [0.2, 0.25) is 0 Å². The molecule has 3 aliphatic rings. The van der Waals surface area contributed by atoms with E-state index in [-0.39, 0.29) is 0 Å². The number of rotatable bonds is 4. The zero-order chi connectivity index (χ0) is 13.1. The lowest BCUT2D eigenvalue weighted by molar-refractivity contribution is 0.0744. The molecule has 1 saturated heterocycles. The largest absolute Gasteiger partial charge is 0.278 e. The Morgan fingerprint density at radius 1 is 1.05 bits per heavy atom. The second-order valence-electron chi connectivity index (χ2n) is 6.75. The number of nitrogens with zero attached hydrogens (tertiary/aromatic N) is 2. The highest BCUT2D eigenvalue weighted by Gasteiger charge is 2.40. The molecule has 108 valence electrons. The van der Waals surface area contributed by atoms with Gasteiger partial charge in [-0.1, -0.05) is 32.6 Å². The van der Waals surface area contributed by atoms with Crippen LogP contribution in [0.2, 0.25) is 0 Å². The van der Waals surface area contributed by atoms with Crippen LogP contribution < -0.4 is 0 Å². The highest BCUT2D eigenvalue weighted by Crippen LogP contribution is 2.38. The van der Waals surface area contributed by atoms with Gasteiger partial charge in [0.15, 0.2) is 0 Å². The molecular formula is C17H30N2. The Morgan fingerprint density at radius 2 is 1.95 bits per heavy atom. The van der Waals surface area contributed by atoms with E-state index < -0.39 is 0 Å². The third-order valence-corrected chi connectivity index (χ3v) is 5.45. The first-order chi connectivity index (χ1) is 9.40. The first-order valence-electron chi connectivity index (χ1n) is 8.72. The maximum atomic E-state index is 5.17. The van der Waals surface area contributed by atoms with Gasteiger partial charge in [-0.05, 0) is 44.9 Å². The number of fused-ring (bicyclic) bond motifs is 4. The van der Waals surface area contributed by atoms with Crippen LogP contribution in [-0.2, 0) is 0 Å². The Morgan fingerprint density at radius 3 is 2.84 bits per heavy atom. The van der Waals surface area contributed by atoms with Crippen LogP contribution in [0.4, 0.5) is 0 Å². The molecule has 0 aromatic heterocycles. The van der Waals surface area contributed by atoms with Crippen molar-refractivity contribution in [3.05, 3.63) is 0 Å². The second-order valence-corrected chi connectivity index (χ2v) is 6.75. The molecule has 1 aliphatic carbocycles. The van der Waals surface area contributed by atoms with Crippen molar-refractivity contribution >= 4 is 5.71 Å². The summed E-state index contributed by atoms with van der Waals surface area (Å²) in [6.45, 7) is 3.61. The standard InChI is InChI=1S/C17H30N2/c1-2-3-7-13-19-16-11-5-4-6-12-17(19)18-15-10-8-9-14(15)16/h14,16-17H,2-13H2,1H3. The number of unbranched alkanes of at least 4 members (excludes halogenated alkanes) is 2. The molecule has 3 unspecified atom stereocenters. The molecule has 0 amide bonds. The van der Waals surface area contributed by atoms with Gasteiger partial charge in [0, 0.05) is 24.2 Å². The van der Waals surface area contributed by atoms with Gasteiger partial charge in [0.25, 0.3) is 0 Å². The van der Waals surface area contributed by atoms with Gasteiger partial charge in [-0.25, -0.2) is 0 Å². The van der Waals surface area contributed by atoms with E-state index in [0.717, 1.165) is 12.0 Å². The average molecular weight is 262 g/mol. The van der Waals surface area contributed by atoms with Crippen LogP contribution in [0.15, 0.2) is 4.99 Å². The first-order valence-corrected chi connectivity index (χ1v) is 8.72. The van der Waals surface area contributed by atoms with E-state index >= 15 is 0 Å². The molecule has 0 N–H and O–H groups in total. The van der Waals surface area contributed by atoms with Gasteiger partial charge in [0.1, 0.15) is 6.17 Å². The van der Waals surface area contributed by atoms with Gasteiger partial charge in [0.05, 0.1) is 0 Å². The molecule has 2 heteroatoms. The summed E-state index contributed by atoms with van der Waals surface area (Å²) >= 11 is 0. The first kappa shape index (κ1) is 13.6. The molecule has 3 rings (SSSR count). The van der Waals surface area contributed by atoms with E-state index in [1.165, 1.54) is 77.2 Å². The van der Waals surface area contributed by atoms with Crippen LogP contribution in [0, 0.1) is 5.92 Å². The molecule has 1 saturated carbocycles. The van der Waals surface area contributed by atoms with Gasteiger partial charge in [-0.3, -0.25) is 9.89 Å². The second kappa shape index (κ2) is 6.39. The number of hydrogen-bond acceptors (Lipinski definition) is 2. The summed E-state index contributed by atoms with van der Waals surface area (Å²) in [5.41, 5.74) is 1.60. The maximum absolute atomic E-state index is 5.17. The SMILES string of the molecule is CCCCCN1C2CCCCCC1C1CCCC1=N2. The van der Waals surface area contributed by atoms with Crippen LogP contribution in [-0.4, -0.2) is 29.4 Å². The lowest BCUT2D eigenvalue weighted by Crippen LogP contribution is -2.52. The van der Waals surface area contributed by atoms with Gasteiger partial charge < -0.3 is 0 Å². The fourth-order valence-electron chi connectivity index (χ4n) is 4.46. The molecular weight excluding hydrogens is 232 g/mol. The predicted octanol–water partition coefficient (Wildman–Crippen LogP) is 4.39. The van der Waals surface area contributed by atoms with Crippen molar-refractivity contribution in [3.8, 4) is 0 Å². The predicted molar refractivity (Wildman–Crippen MR) is 81.7 cm³/mol. The summed E-state index contributed by atoms with van der Waals surface area (Å²) in [6, 6.07) is 0.845. The maximum Gasteiger partial charge on any atom is 0.102 e. The summed E-state index contributed by atoms with van der Waals surface area (Å²) in [5, 5.41) is 0.